The lowest BCUT2D eigenvalue weighted by atomic mass is 10.3. The van der Waals surface area contributed by atoms with Crippen LogP contribution in [-0.2, 0) is 9.47 Å². The van der Waals surface area contributed by atoms with E-state index in [0.29, 0.717) is 0 Å². The van der Waals surface area contributed by atoms with E-state index in [4.69, 9.17) is 19.9 Å². The number of nitrogens with zero attached hydrogens (tertiary/aromatic N) is 1. The zero-order valence-electron chi connectivity index (χ0n) is 11.4. The average Bonchev–Trinajstić information content (AvgIpc) is 2.37. The number of hydrogen-bond donors (Lipinski definition) is 1. The van der Waals surface area contributed by atoms with Gasteiger partial charge in [-0.05, 0) is 13.8 Å². The Balaban J connectivity index is 2.71. The van der Waals surface area contributed by atoms with Gasteiger partial charge in [-0.2, -0.15) is 0 Å². The summed E-state index contributed by atoms with van der Waals surface area (Å²) in [6, 6.07) is 1.48. The third-order valence-electron chi connectivity index (χ3n) is 2.03. The number of hydrogen-bond acceptors (Lipinski definition) is 7. The molecule has 1 aromatic heterocycles. The third kappa shape index (κ3) is 4.30. The van der Waals surface area contributed by atoms with Crippen molar-refractivity contribution < 1.29 is 28.5 Å². The molecule has 1 aromatic rings. The van der Waals surface area contributed by atoms with Crippen molar-refractivity contribution in [2.24, 2.45) is 5.73 Å². The van der Waals surface area contributed by atoms with Gasteiger partial charge in [0, 0.05) is 12.3 Å². The Morgan fingerprint density at radius 1 is 1.40 bits per heavy atom. The standard InChI is InChI=1S/C12H16N2O6/c1-7(2)20-12(16)19-6-18-10-8(17-3)4-5-14-9(10)11(13)15/h4-5,7H,6H2,1-3H3,(H2,13,15). The molecule has 2 N–H and O–H groups in total. The van der Waals surface area contributed by atoms with E-state index in [1.54, 1.807) is 13.8 Å². The normalized spacial score (nSPS) is 10.0. The number of aromatic nitrogens is 1. The second-order valence-corrected chi connectivity index (χ2v) is 3.88. The zero-order valence-corrected chi connectivity index (χ0v) is 11.4. The van der Waals surface area contributed by atoms with E-state index in [9.17, 15) is 9.59 Å². The third-order valence-corrected chi connectivity index (χ3v) is 2.03. The summed E-state index contributed by atoms with van der Waals surface area (Å²) in [5.41, 5.74) is 5.05. The fourth-order valence-electron chi connectivity index (χ4n) is 1.27. The summed E-state index contributed by atoms with van der Waals surface area (Å²) < 4.78 is 19.6. The number of rotatable bonds is 6. The lowest BCUT2D eigenvalue weighted by Crippen LogP contribution is -2.19. The topological polar surface area (TPSA) is 110 Å². The van der Waals surface area contributed by atoms with Crippen molar-refractivity contribution in [1.29, 1.82) is 0 Å². The van der Waals surface area contributed by atoms with Crippen molar-refractivity contribution in [3.63, 3.8) is 0 Å². The second kappa shape index (κ2) is 7.17. The summed E-state index contributed by atoms with van der Waals surface area (Å²) in [5, 5.41) is 0. The fraction of sp³-hybridized carbons (Fsp3) is 0.417. The van der Waals surface area contributed by atoms with Gasteiger partial charge in [0.2, 0.25) is 6.79 Å². The number of amides is 1. The van der Waals surface area contributed by atoms with Crippen LogP contribution in [0.3, 0.4) is 0 Å². The monoisotopic (exact) mass is 284 g/mol. The molecule has 0 atom stereocenters. The van der Waals surface area contributed by atoms with Gasteiger partial charge in [-0.15, -0.1) is 0 Å². The molecular weight excluding hydrogens is 268 g/mol. The minimum atomic E-state index is -0.886. The largest absolute Gasteiger partial charge is 0.511 e. The summed E-state index contributed by atoms with van der Waals surface area (Å²) in [5.74, 6) is -0.543. The first-order valence-electron chi connectivity index (χ1n) is 5.74. The highest BCUT2D eigenvalue weighted by molar-refractivity contribution is 5.94. The molecule has 1 heterocycles. The maximum absolute atomic E-state index is 11.2. The molecule has 8 heteroatoms. The van der Waals surface area contributed by atoms with Crippen LogP contribution in [0.2, 0.25) is 0 Å². The van der Waals surface area contributed by atoms with Gasteiger partial charge in [0.25, 0.3) is 5.91 Å². The highest BCUT2D eigenvalue weighted by Crippen LogP contribution is 2.29. The van der Waals surface area contributed by atoms with Crippen molar-refractivity contribution in [1.82, 2.24) is 4.98 Å². The van der Waals surface area contributed by atoms with E-state index in [2.05, 4.69) is 9.72 Å². The lowest BCUT2D eigenvalue weighted by molar-refractivity contribution is -0.00910. The van der Waals surface area contributed by atoms with Crippen LogP contribution >= 0.6 is 0 Å². The quantitative estimate of drug-likeness (QED) is 0.614. The van der Waals surface area contributed by atoms with Crippen LogP contribution in [0.15, 0.2) is 12.3 Å². The SMILES string of the molecule is COc1ccnc(C(N)=O)c1OCOC(=O)OC(C)C. The molecule has 110 valence electrons. The van der Waals surface area contributed by atoms with Crippen molar-refractivity contribution in [2.75, 3.05) is 13.9 Å². The Kier molecular flexibility index (Phi) is 5.57. The second-order valence-electron chi connectivity index (χ2n) is 3.88. The number of methoxy groups -OCH3 is 1. The number of carbonyl (C=O) groups is 2. The van der Waals surface area contributed by atoms with E-state index < -0.39 is 18.9 Å². The Morgan fingerprint density at radius 2 is 2.10 bits per heavy atom. The molecule has 0 saturated heterocycles. The predicted molar refractivity (Wildman–Crippen MR) is 67.5 cm³/mol. The van der Waals surface area contributed by atoms with E-state index >= 15 is 0 Å². The van der Waals surface area contributed by atoms with Crippen molar-refractivity contribution in [3.8, 4) is 11.5 Å². The maximum Gasteiger partial charge on any atom is 0.511 e. The van der Waals surface area contributed by atoms with Crippen LogP contribution in [0.1, 0.15) is 24.3 Å². The molecule has 0 aromatic carbocycles. The van der Waals surface area contributed by atoms with Gasteiger partial charge in [0.1, 0.15) is 0 Å². The van der Waals surface area contributed by atoms with Crippen LogP contribution in [0.25, 0.3) is 0 Å². The number of nitrogens with two attached hydrogens (primary N) is 1. The van der Waals surface area contributed by atoms with Crippen LogP contribution in [0, 0.1) is 0 Å². The maximum atomic E-state index is 11.2. The molecule has 0 aliphatic carbocycles. The Hall–Kier alpha value is -2.51. The van der Waals surface area contributed by atoms with E-state index in [-0.39, 0.29) is 23.3 Å². The summed E-state index contributed by atoms with van der Waals surface area (Å²) in [4.78, 5) is 26.2. The molecule has 0 saturated carbocycles. The lowest BCUT2D eigenvalue weighted by Gasteiger charge is -2.13. The Bertz CT molecular complexity index is 489. The number of primary amides is 1. The molecule has 20 heavy (non-hydrogen) atoms. The van der Waals surface area contributed by atoms with Gasteiger partial charge in [0.15, 0.2) is 17.2 Å². The molecule has 8 nitrogen and oxygen atoms in total. The number of carbonyl (C=O) groups excluding carboxylic acids is 2. The Labute approximate surface area is 115 Å². The van der Waals surface area contributed by atoms with Crippen molar-refractivity contribution in [2.45, 2.75) is 20.0 Å². The fourth-order valence-corrected chi connectivity index (χ4v) is 1.27. The summed E-state index contributed by atoms with van der Waals surface area (Å²) in [7, 11) is 1.39. The Morgan fingerprint density at radius 3 is 2.65 bits per heavy atom. The predicted octanol–water partition coefficient (Wildman–Crippen LogP) is 1.09. The van der Waals surface area contributed by atoms with Crippen LogP contribution in [0.5, 0.6) is 11.5 Å². The minimum Gasteiger partial charge on any atom is -0.493 e. The molecule has 0 fully saturated rings. The molecular formula is C12H16N2O6. The van der Waals surface area contributed by atoms with Crippen molar-refractivity contribution >= 4 is 12.1 Å². The number of ether oxygens (including phenoxy) is 4. The van der Waals surface area contributed by atoms with Crippen molar-refractivity contribution in [3.05, 3.63) is 18.0 Å². The minimum absolute atomic E-state index is 0.000142. The molecule has 0 aliphatic heterocycles. The number of pyridine rings is 1. The average molecular weight is 284 g/mol. The van der Waals surface area contributed by atoms with E-state index in [1.165, 1.54) is 19.4 Å². The summed E-state index contributed by atoms with van der Waals surface area (Å²) in [6.07, 6.45) is 0.153. The first kappa shape index (κ1) is 15.5. The first-order chi connectivity index (χ1) is 9.45. The van der Waals surface area contributed by atoms with Gasteiger partial charge in [-0.1, -0.05) is 0 Å². The van der Waals surface area contributed by atoms with Crippen LogP contribution in [0.4, 0.5) is 4.79 Å². The van der Waals surface area contributed by atoms with Gasteiger partial charge >= 0.3 is 6.16 Å². The van der Waals surface area contributed by atoms with Gasteiger partial charge in [-0.25, -0.2) is 9.78 Å². The smallest absolute Gasteiger partial charge is 0.493 e. The van der Waals surface area contributed by atoms with Gasteiger partial charge < -0.3 is 24.7 Å². The highest BCUT2D eigenvalue weighted by atomic mass is 16.8. The molecule has 0 radical (unpaired) electrons. The zero-order chi connectivity index (χ0) is 15.1. The molecule has 0 spiro atoms. The molecule has 0 unspecified atom stereocenters. The van der Waals surface area contributed by atoms with Gasteiger partial charge in [0.05, 0.1) is 13.2 Å². The van der Waals surface area contributed by atoms with Crippen LogP contribution in [-0.4, -0.2) is 37.1 Å². The molecule has 0 aliphatic rings. The highest BCUT2D eigenvalue weighted by Gasteiger charge is 2.17. The van der Waals surface area contributed by atoms with Gasteiger partial charge in [-0.3, -0.25) is 4.79 Å². The molecule has 0 bridgehead atoms. The molecule has 1 rings (SSSR count). The van der Waals surface area contributed by atoms with E-state index in [0.717, 1.165) is 0 Å². The first-order valence-corrected chi connectivity index (χ1v) is 5.74. The molecule has 1 amide bonds. The summed E-state index contributed by atoms with van der Waals surface area (Å²) >= 11 is 0. The van der Waals surface area contributed by atoms with Crippen LogP contribution < -0.4 is 15.2 Å². The van der Waals surface area contributed by atoms with E-state index in [1.807, 2.05) is 0 Å². The summed E-state index contributed by atoms with van der Waals surface area (Å²) in [6.45, 7) is 2.89.